The van der Waals surface area contributed by atoms with Crippen LogP contribution in [0.5, 0.6) is 0 Å². The maximum absolute atomic E-state index is 12.8. The van der Waals surface area contributed by atoms with Gasteiger partial charge in [-0.1, -0.05) is 0 Å². The van der Waals surface area contributed by atoms with E-state index in [-0.39, 0.29) is 11.7 Å². The van der Waals surface area contributed by atoms with Crippen molar-refractivity contribution in [3.05, 3.63) is 33.1 Å². The summed E-state index contributed by atoms with van der Waals surface area (Å²) < 4.78 is 7.45. The van der Waals surface area contributed by atoms with Gasteiger partial charge >= 0.3 is 0 Å². The fraction of sp³-hybridized carbons (Fsp3) is 0.467. The molecule has 3 rings (SSSR count). The Labute approximate surface area is 127 Å². The molecule has 0 amide bonds. The molecule has 1 aliphatic heterocycles. The van der Waals surface area contributed by atoms with E-state index < -0.39 is 0 Å². The second kappa shape index (κ2) is 5.61. The van der Waals surface area contributed by atoms with Crippen molar-refractivity contribution in [3.8, 4) is 11.3 Å². The number of anilines is 1. The number of nitrogens with zero attached hydrogens (tertiary/aromatic N) is 2. The van der Waals surface area contributed by atoms with Crippen LogP contribution in [0.25, 0.3) is 11.3 Å². The van der Waals surface area contributed by atoms with Crippen LogP contribution in [0.3, 0.4) is 0 Å². The summed E-state index contributed by atoms with van der Waals surface area (Å²) in [5.74, 6) is 0. The maximum Gasteiger partial charge on any atom is 0.260 e. The van der Waals surface area contributed by atoms with Crippen molar-refractivity contribution >= 4 is 16.5 Å². The minimum atomic E-state index is -0.00620. The van der Waals surface area contributed by atoms with Gasteiger partial charge in [-0.25, -0.2) is 4.98 Å². The van der Waals surface area contributed by atoms with Crippen LogP contribution < -0.4 is 11.3 Å². The quantitative estimate of drug-likeness (QED) is 0.945. The molecule has 112 valence electrons. The third kappa shape index (κ3) is 2.73. The molecule has 2 aromatic heterocycles. The zero-order valence-electron chi connectivity index (χ0n) is 12.3. The monoisotopic (exact) mass is 305 g/mol. The van der Waals surface area contributed by atoms with Gasteiger partial charge in [-0.3, -0.25) is 4.79 Å². The highest BCUT2D eigenvalue weighted by atomic mass is 32.1. The number of nitrogens with two attached hydrogens (primary N) is 1. The predicted molar refractivity (Wildman–Crippen MR) is 84.7 cm³/mol. The molecule has 0 bridgehead atoms. The molecule has 1 unspecified atom stereocenters. The third-order valence-electron chi connectivity index (χ3n) is 3.89. The number of ether oxygens (including phenoxy) is 1. The summed E-state index contributed by atoms with van der Waals surface area (Å²) >= 11 is 1.35. The first-order chi connectivity index (χ1) is 10.1. The van der Waals surface area contributed by atoms with Crippen molar-refractivity contribution in [2.75, 3.05) is 12.3 Å². The Balaban J connectivity index is 2.06. The zero-order valence-corrected chi connectivity index (χ0v) is 13.1. The van der Waals surface area contributed by atoms with Gasteiger partial charge in [-0.05, 0) is 38.3 Å². The number of pyridine rings is 1. The summed E-state index contributed by atoms with van der Waals surface area (Å²) in [6, 6.07) is 2.03. The molecular formula is C15H19N3O2S. The number of aryl methyl sites for hydroxylation is 2. The van der Waals surface area contributed by atoms with E-state index in [1.807, 2.05) is 25.3 Å². The summed E-state index contributed by atoms with van der Waals surface area (Å²) in [5.41, 5.74) is 8.90. The van der Waals surface area contributed by atoms with Crippen LogP contribution in [-0.4, -0.2) is 22.3 Å². The highest BCUT2D eigenvalue weighted by molar-refractivity contribution is 7.13. The van der Waals surface area contributed by atoms with E-state index in [1.165, 1.54) is 11.3 Å². The summed E-state index contributed by atoms with van der Waals surface area (Å²) in [6.07, 6.45) is 2.22. The highest BCUT2D eigenvalue weighted by Crippen LogP contribution is 2.24. The Hall–Kier alpha value is -1.66. The molecule has 21 heavy (non-hydrogen) atoms. The molecular weight excluding hydrogens is 286 g/mol. The van der Waals surface area contributed by atoms with Gasteiger partial charge in [0, 0.05) is 17.7 Å². The number of nitrogen functional groups attached to an aromatic ring is 1. The van der Waals surface area contributed by atoms with Gasteiger partial charge in [0.25, 0.3) is 5.56 Å². The molecule has 3 heterocycles. The second-order valence-corrected chi connectivity index (χ2v) is 6.36. The smallest absolute Gasteiger partial charge is 0.260 e. The maximum atomic E-state index is 12.8. The third-order valence-corrected chi connectivity index (χ3v) is 4.57. The van der Waals surface area contributed by atoms with E-state index >= 15 is 0 Å². The van der Waals surface area contributed by atoms with E-state index in [1.54, 1.807) is 4.57 Å². The molecule has 0 aromatic carbocycles. The van der Waals surface area contributed by atoms with Crippen molar-refractivity contribution in [2.45, 2.75) is 39.3 Å². The Morgan fingerprint density at radius 1 is 1.52 bits per heavy atom. The summed E-state index contributed by atoms with van der Waals surface area (Å²) in [4.78, 5) is 17.1. The number of thiazole rings is 1. The molecule has 5 nitrogen and oxygen atoms in total. The molecule has 1 aliphatic rings. The Morgan fingerprint density at radius 3 is 2.95 bits per heavy atom. The average molecular weight is 305 g/mol. The Bertz CT molecular complexity index is 714. The van der Waals surface area contributed by atoms with Crippen molar-refractivity contribution in [1.29, 1.82) is 0 Å². The van der Waals surface area contributed by atoms with Crippen LogP contribution in [0.15, 0.2) is 16.2 Å². The lowest BCUT2D eigenvalue weighted by molar-refractivity contribution is 0.0957. The minimum Gasteiger partial charge on any atom is -0.376 e. The Kier molecular flexibility index (Phi) is 3.82. The molecule has 0 spiro atoms. The van der Waals surface area contributed by atoms with Crippen molar-refractivity contribution in [1.82, 2.24) is 9.55 Å². The van der Waals surface area contributed by atoms with Crippen LogP contribution in [0.4, 0.5) is 5.13 Å². The van der Waals surface area contributed by atoms with Crippen molar-refractivity contribution < 1.29 is 4.74 Å². The number of aromatic nitrogens is 2. The Morgan fingerprint density at radius 2 is 2.33 bits per heavy atom. The number of hydrogen-bond acceptors (Lipinski definition) is 5. The molecule has 1 atom stereocenters. The van der Waals surface area contributed by atoms with Gasteiger partial charge in [-0.15, -0.1) is 11.3 Å². The molecule has 0 aliphatic carbocycles. The van der Waals surface area contributed by atoms with E-state index in [4.69, 9.17) is 10.5 Å². The number of hydrogen-bond donors (Lipinski definition) is 1. The zero-order chi connectivity index (χ0) is 15.0. The van der Waals surface area contributed by atoms with Crippen molar-refractivity contribution in [2.24, 2.45) is 0 Å². The first-order valence-electron chi connectivity index (χ1n) is 7.10. The topological polar surface area (TPSA) is 70.1 Å². The predicted octanol–water partition coefficient (Wildman–Crippen LogP) is 2.35. The molecule has 6 heteroatoms. The summed E-state index contributed by atoms with van der Waals surface area (Å²) in [7, 11) is 0. The van der Waals surface area contributed by atoms with E-state index in [2.05, 4.69) is 4.98 Å². The summed E-state index contributed by atoms with van der Waals surface area (Å²) in [5, 5.41) is 2.32. The number of rotatable bonds is 3. The van der Waals surface area contributed by atoms with Gasteiger partial charge in [-0.2, -0.15) is 0 Å². The van der Waals surface area contributed by atoms with Crippen LogP contribution >= 0.6 is 11.3 Å². The molecule has 1 fully saturated rings. The molecule has 0 radical (unpaired) electrons. The van der Waals surface area contributed by atoms with E-state index in [0.717, 1.165) is 30.7 Å². The lowest BCUT2D eigenvalue weighted by Crippen LogP contribution is -2.29. The second-order valence-electron chi connectivity index (χ2n) is 5.47. The van der Waals surface area contributed by atoms with E-state index in [9.17, 15) is 4.79 Å². The average Bonchev–Trinajstić information content (AvgIpc) is 3.06. The fourth-order valence-electron chi connectivity index (χ4n) is 2.86. The molecule has 0 saturated carbocycles. The first kappa shape index (κ1) is 14.3. The molecule has 2 aromatic rings. The molecule has 2 N–H and O–H groups in total. The van der Waals surface area contributed by atoms with Crippen molar-refractivity contribution in [3.63, 3.8) is 0 Å². The lowest BCUT2D eigenvalue weighted by Gasteiger charge is -2.17. The largest absolute Gasteiger partial charge is 0.376 e. The van der Waals surface area contributed by atoms with Crippen LogP contribution in [0.1, 0.15) is 24.1 Å². The minimum absolute atomic E-state index is 0.00620. The van der Waals surface area contributed by atoms with Crippen LogP contribution in [-0.2, 0) is 11.3 Å². The van der Waals surface area contributed by atoms with Gasteiger partial charge in [0.05, 0.1) is 23.9 Å². The van der Waals surface area contributed by atoms with Gasteiger partial charge in [0.15, 0.2) is 5.13 Å². The lowest BCUT2D eigenvalue weighted by atomic mass is 10.1. The SMILES string of the molecule is Cc1cc(C)n(CC2CCCO2)c(=O)c1-c1csc(N)n1. The van der Waals surface area contributed by atoms with E-state index in [0.29, 0.717) is 22.9 Å². The molecule has 1 saturated heterocycles. The van der Waals surface area contributed by atoms with Crippen LogP contribution in [0.2, 0.25) is 0 Å². The fourth-order valence-corrected chi connectivity index (χ4v) is 3.41. The highest BCUT2D eigenvalue weighted by Gasteiger charge is 2.20. The van der Waals surface area contributed by atoms with Gasteiger partial charge in [0.2, 0.25) is 0 Å². The standard InChI is InChI=1S/C15H19N3O2S/c1-9-6-10(2)18(7-11-4-3-5-20-11)14(19)13(9)12-8-21-15(16)17-12/h6,8,11H,3-5,7H2,1-2H3,(H2,16,17). The summed E-state index contributed by atoms with van der Waals surface area (Å²) in [6.45, 7) is 5.30. The van der Waals surface area contributed by atoms with Gasteiger partial charge in [0.1, 0.15) is 0 Å². The first-order valence-corrected chi connectivity index (χ1v) is 7.98. The van der Waals surface area contributed by atoms with Gasteiger partial charge < -0.3 is 15.0 Å². The van der Waals surface area contributed by atoms with Crippen LogP contribution in [0, 0.1) is 13.8 Å². The normalized spacial score (nSPS) is 18.3.